The maximum atomic E-state index is 13.4. The van der Waals surface area contributed by atoms with Crippen molar-refractivity contribution in [1.29, 1.82) is 0 Å². The van der Waals surface area contributed by atoms with Crippen LogP contribution in [0.4, 0.5) is 17.1 Å². The van der Waals surface area contributed by atoms with Crippen LogP contribution in [0.1, 0.15) is 37.4 Å². The number of ether oxygens (including phenoxy) is 2. The Hall–Kier alpha value is -5.52. The maximum Gasteiger partial charge on any atom is 0.256 e. The average molecular weight is 676 g/mol. The molecule has 0 saturated carbocycles. The third kappa shape index (κ3) is 7.69. The number of aryl methyl sites for hydroxylation is 1. The second-order valence-corrected chi connectivity index (χ2v) is 12.4. The molecule has 0 atom stereocenters. The summed E-state index contributed by atoms with van der Waals surface area (Å²) in [6, 6.07) is 20.4. The second kappa shape index (κ2) is 15.4. The van der Waals surface area contributed by atoms with Gasteiger partial charge in [0, 0.05) is 68.3 Å². The van der Waals surface area contributed by atoms with Crippen LogP contribution in [0.25, 0.3) is 11.1 Å². The van der Waals surface area contributed by atoms with Gasteiger partial charge in [0.2, 0.25) is 5.91 Å². The van der Waals surface area contributed by atoms with Gasteiger partial charge >= 0.3 is 0 Å². The van der Waals surface area contributed by atoms with Crippen LogP contribution in [-0.2, 0) is 27.7 Å². The van der Waals surface area contributed by atoms with Crippen molar-refractivity contribution in [2.24, 2.45) is 7.05 Å². The highest BCUT2D eigenvalue weighted by Crippen LogP contribution is 2.30. The molecular formula is C39H41N5O6. The first-order valence-corrected chi connectivity index (χ1v) is 16.7. The van der Waals surface area contributed by atoms with Crippen molar-refractivity contribution < 1.29 is 23.9 Å². The van der Waals surface area contributed by atoms with Crippen LogP contribution in [0, 0.1) is 6.92 Å². The fraction of sp³-hybridized carbons (Fsp3) is 0.282. The number of carbonyl (C=O) groups is 3. The number of nitrogens with zero attached hydrogens (tertiary/aromatic N) is 3. The molecule has 0 radical (unpaired) electrons. The van der Waals surface area contributed by atoms with Crippen molar-refractivity contribution >= 4 is 34.8 Å². The molecule has 0 bridgehead atoms. The molecule has 0 spiro atoms. The summed E-state index contributed by atoms with van der Waals surface area (Å²) in [5, 5.41) is 5.83. The SMILES string of the molecule is C=CC(=O)Nc1cc(Cc2cc(-c3cccc(NC(=O)c4ccc(N5CCOCC5)cc4)c3C)cn(C)c2=O)ccc1C(=O)N1CCOCC1. The van der Waals surface area contributed by atoms with Gasteiger partial charge in [0.05, 0.1) is 37.7 Å². The zero-order chi connectivity index (χ0) is 35.2. The first-order chi connectivity index (χ1) is 24.2. The maximum absolute atomic E-state index is 13.4. The number of carbonyl (C=O) groups excluding carboxylic acids is 3. The van der Waals surface area contributed by atoms with Crippen LogP contribution in [0.5, 0.6) is 0 Å². The lowest BCUT2D eigenvalue weighted by Crippen LogP contribution is -2.41. The van der Waals surface area contributed by atoms with Crippen molar-refractivity contribution in [3.05, 3.63) is 124 Å². The van der Waals surface area contributed by atoms with Gasteiger partial charge in [0.25, 0.3) is 17.4 Å². The van der Waals surface area contributed by atoms with Gasteiger partial charge in [-0.15, -0.1) is 0 Å². The van der Waals surface area contributed by atoms with E-state index < -0.39 is 5.91 Å². The summed E-state index contributed by atoms with van der Waals surface area (Å²) in [6.07, 6.45) is 3.19. The monoisotopic (exact) mass is 675 g/mol. The van der Waals surface area contributed by atoms with Gasteiger partial charge in [-0.05, 0) is 83.8 Å². The molecule has 258 valence electrons. The molecule has 0 unspecified atom stereocenters. The summed E-state index contributed by atoms with van der Waals surface area (Å²) in [6.45, 7) is 10.3. The van der Waals surface area contributed by atoms with E-state index >= 15 is 0 Å². The Kier molecular flexibility index (Phi) is 10.5. The summed E-state index contributed by atoms with van der Waals surface area (Å²) >= 11 is 0. The smallest absolute Gasteiger partial charge is 0.256 e. The molecule has 11 nitrogen and oxygen atoms in total. The summed E-state index contributed by atoms with van der Waals surface area (Å²) in [5.41, 5.74) is 6.64. The number of anilines is 3. The molecule has 3 heterocycles. The molecule has 50 heavy (non-hydrogen) atoms. The summed E-state index contributed by atoms with van der Waals surface area (Å²) in [7, 11) is 1.71. The number of hydrogen-bond acceptors (Lipinski definition) is 7. The molecule has 6 rings (SSSR count). The van der Waals surface area contributed by atoms with Gasteiger partial charge in [-0.1, -0.05) is 24.8 Å². The Morgan fingerprint density at radius 2 is 1.56 bits per heavy atom. The zero-order valence-corrected chi connectivity index (χ0v) is 28.4. The van der Waals surface area contributed by atoms with E-state index in [4.69, 9.17) is 9.47 Å². The molecule has 4 aromatic rings. The predicted octanol–water partition coefficient (Wildman–Crippen LogP) is 4.64. The van der Waals surface area contributed by atoms with E-state index in [1.54, 1.807) is 40.9 Å². The molecule has 3 aromatic carbocycles. The number of hydrogen-bond donors (Lipinski definition) is 2. The highest BCUT2D eigenvalue weighted by atomic mass is 16.5. The molecule has 2 saturated heterocycles. The van der Waals surface area contributed by atoms with E-state index in [2.05, 4.69) is 22.1 Å². The van der Waals surface area contributed by atoms with Crippen molar-refractivity contribution in [3.63, 3.8) is 0 Å². The lowest BCUT2D eigenvalue weighted by atomic mass is 9.96. The number of rotatable bonds is 9. The third-order valence-corrected chi connectivity index (χ3v) is 9.11. The minimum absolute atomic E-state index is 0.165. The van der Waals surface area contributed by atoms with E-state index in [0.717, 1.165) is 47.1 Å². The van der Waals surface area contributed by atoms with Gasteiger partial charge in [0.15, 0.2) is 0 Å². The molecule has 1 aromatic heterocycles. The van der Waals surface area contributed by atoms with Gasteiger partial charge in [0.1, 0.15) is 0 Å². The highest BCUT2D eigenvalue weighted by molar-refractivity contribution is 6.07. The minimum Gasteiger partial charge on any atom is -0.378 e. The largest absolute Gasteiger partial charge is 0.378 e. The van der Waals surface area contributed by atoms with Crippen LogP contribution in [0.2, 0.25) is 0 Å². The lowest BCUT2D eigenvalue weighted by Gasteiger charge is -2.28. The molecule has 2 fully saturated rings. The minimum atomic E-state index is -0.441. The number of nitrogens with one attached hydrogen (secondary N) is 2. The van der Waals surface area contributed by atoms with Gasteiger partial charge in [-0.25, -0.2) is 0 Å². The van der Waals surface area contributed by atoms with Crippen molar-refractivity contribution in [1.82, 2.24) is 9.47 Å². The van der Waals surface area contributed by atoms with Crippen molar-refractivity contribution in [2.45, 2.75) is 13.3 Å². The van der Waals surface area contributed by atoms with Crippen LogP contribution in [0.15, 0.2) is 90.4 Å². The third-order valence-electron chi connectivity index (χ3n) is 9.11. The molecular weight excluding hydrogens is 634 g/mol. The van der Waals surface area contributed by atoms with E-state index in [-0.39, 0.29) is 23.8 Å². The summed E-state index contributed by atoms with van der Waals surface area (Å²) in [5.74, 6) is -0.858. The Bertz CT molecular complexity index is 1970. The quantitative estimate of drug-likeness (QED) is 0.248. The molecule has 11 heteroatoms. The molecule has 2 N–H and O–H groups in total. The standard InChI is InChI=1S/C39H41N5O6/c1-4-36(45)40-35-23-27(8-13-33(35)39(48)44-16-20-50-21-17-44)22-29-24-30(25-42(3)38(29)47)32-6-5-7-34(26(32)2)41-37(46)28-9-11-31(12-10-28)43-14-18-49-19-15-43/h4-13,23-25H,1,14-22H2,2-3H3,(H,40,45)(H,41,46). The fourth-order valence-electron chi connectivity index (χ4n) is 6.31. The second-order valence-electron chi connectivity index (χ2n) is 12.4. The van der Waals surface area contributed by atoms with E-state index in [9.17, 15) is 19.2 Å². The zero-order valence-electron chi connectivity index (χ0n) is 28.4. The summed E-state index contributed by atoms with van der Waals surface area (Å²) < 4.78 is 12.4. The van der Waals surface area contributed by atoms with Crippen LogP contribution in [0.3, 0.4) is 0 Å². The molecule has 0 aliphatic carbocycles. The fourth-order valence-corrected chi connectivity index (χ4v) is 6.31. The number of morpholine rings is 2. The van der Waals surface area contributed by atoms with Crippen LogP contribution >= 0.6 is 0 Å². The lowest BCUT2D eigenvalue weighted by molar-refractivity contribution is -0.111. The number of pyridine rings is 1. The topological polar surface area (TPSA) is 122 Å². The van der Waals surface area contributed by atoms with Gasteiger partial charge in [-0.2, -0.15) is 0 Å². The van der Waals surface area contributed by atoms with Crippen molar-refractivity contribution in [2.75, 3.05) is 68.1 Å². The number of aromatic nitrogens is 1. The normalized spacial score (nSPS) is 14.6. The Morgan fingerprint density at radius 1 is 0.860 bits per heavy atom. The molecule has 2 aliphatic heterocycles. The highest BCUT2D eigenvalue weighted by Gasteiger charge is 2.23. The van der Waals surface area contributed by atoms with Gasteiger partial charge in [-0.3, -0.25) is 19.2 Å². The molecule has 2 aliphatic rings. The Balaban J connectivity index is 1.24. The van der Waals surface area contributed by atoms with E-state index in [0.29, 0.717) is 67.6 Å². The number of benzene rings is 3. The van der Waals surface area contributed by atoms with E-state index in [1.165, 1.54) is 0 Å². The van der Waals surface area contributed by atoms with Crippen molar-refractivity contribution in [3.8, 4) is 11.1 Å². The first-order valence-electron chi connectivity index (χ1n) is 16.7. The Labute approximate surface area is 291 Å². The number of amides is 3. The Morgan fingerprint density at radius 3 is 2.26 bits per heavy atom. The van der Waals surface area contributed by atoms with E-state index in [1.807, 2.05) is 55.5 Å². The van der Waals surface area contributed by atoms with Crippen LogP contribution in [-0.4, -0.2) is 79.8 Å². The molecule has 3 amide bonds. The average Bonchev–Trinajstić information content (AvgIpc) is 3.15. The predicted molar refractivity (Wildman–Crippen MR) is 194 cm³/mol. The van der Waals surface area contributed by atoms with Crippen LogP contribution < -0.4 is 21.1 Å². The summed E-state index contributed by atoms with van der Waals surface area (Å²) in [4.78, 5) is 56.3. The first kappa shape index (κ1) is 34.3. The van der Waals surface area contributed by atoms with Gasteiger partial charge < -0.3 is 34.5 Å².